The normalized spacial score (nSPS) is 27.0. The topological polar surface area (TPSA) is 35.2 Å². The molecule has 1 aliphatic rings. The molecule has 4 heteroatoms. The van der Waals surface area contributed by atoms with Crippen LogP contribution in [-0.4, -0.2) is 12.7 Å². The highest BCUT2D eigenvalue weighted by molar-refractivity contribution is 9.11. The zero-order chi connectivity index (χ0) is 11.7. The third kappa shape index (κ3) is 2.67. The van der Waals surface area contributed by atoms with Crippen LogP contribution in [0.15, 0.2) is 27.1 Å². The van der Waals surface area contributed by atoms with Gasteiger partial charge in [0.25, 0.3) is 0 Å². The first-order chi connectivity index (χ1) is 7.58. The van der Waals surface area contributed by atoms with Crippen LogP contribution >= 0.6 is 31.9 Å². The van der Waals surface area contributed by atoms with Crippen molar-refractivity contribution in [2.75, 3.05) is 6.61 Å². The van der Waals surface area contributed by atoms with Gasteiger partial charge in [0.15, 0.2) is 0 Å². The Bertz CT molecular complexity index is 383. The third-order valence-electron chi connectivity index (χ3n) is 3.05. The quantitative estimate of drug-likeness (QED) is 0.885. The molecule has 0 amide bonds. The Labute approximate surface area is 113 Å². The summed E-state index contributed by atoms with van der Waals surface area (Å²) < 4.78 is 7.71. The maximum absolute atomic E-state index is 6.30. The van der Waals surface area contributed by atoms with Crippen LogP contribution < -0.4 is 5.73 Å². The van der Waals surface area contributed by atoms with Gasteiger partial charge in [-0.25, -0.2) is 0 Å². The van der Waals surface area contributed by atoms with E-state index in [9.17, 15) is 0 Å². The average molecular weight is 349 g/mol. The number of nitrogens with two attached hydrogens (primary N) is 1. The molecule has 1 aromatic carbocycles. The summed E-state index contributed by atoms with van der Waals surface area (Å²) in [7, 11) is 0. The molecule has 0 spiro atoms. The van der Waals surface area contributed by atoms with Gasteiger partial charge in [0.05, 0.1) is 12.7 Å². The Morgan fingerprint density at radius 3 is 2.81 bits per heavy atom. The highest BCUT2D eigenvalue weighted by Gasteiger charge is 2.29. The molecule has 2 nitrogen and oxygen atoms in total. The first-order valence-corrected chi connectivity index (χ1v) is 6.98. The van der Waals surface area contributed by atoms with Crippen molar-refractivity contribution in [3.05, 3.63) is 32.7 Å². The van der Waals surface area contributed by atoms with Gasteiger partial charge in [0.1, 0.15) is 0 Å². The molecule has 1 saturated heterocycles. The molecule has 1 aliphatic heterocycles. The van der Waals surface area contributed by atoms with Crippen LogP contribution in [0.5, 0.6) is 0 Å². The molecule has 1 heterocycles. The van der Waals surface area contributed by atoms with Crippen molar-refractivity contribution in [2.45, 2.75) is 25.5 Å². The number of hydrogen-bond acceptors (Lipinski definition) is 2. The number of hydrogen-bond donors (Lipinski definition) is 1. The highest BCUT2D eigenvalue weighted by atomic mass is 79.9. The highest BCUT2D eigenvalue weighted by Crippen LogP contribution is 2.34. The van der Waals surface area contributed by atoms with E-state index in [4.69, 9.17) is 10.5 Å². The van der Waals surface area contributed by atoms with Gasteiger partial charge in [-0.15, -0.1) is 0 Å². The van der Waals surface area contributed by atoms with Crippen molar-refractivity contribution in [1.82, 2.24) is 0 Å². The van der Waals surface area contributed by atoms with Gasteiger partial charge >= 0.3 is 0 Å². The summed E-state index contributed by atoms with van der Waals surface area (Å²) in [5.41, 5.74) is 7.45. The minimum atomic E-state index is 0.0387. The number of rotatable bonds is 2. The van der Waals surface area contributed by atoms with E-state index >= 15 is 0 Å². The molecule has 3 atom stereocenters. The summed E-state index contributed by atoms with van der Waals surface area (Å²) in [5, 5.41) is 0. The first-order valence-electron chi connectivity index (χ1n) is 5.40. The van der Waals surface area contributed by atoms with Gasteiger partial charge in [0.2, 0.25) is 0 Å². The summed E-state index contributed by atoms with van der Waals surface area (Å²) in [6, 6.07) is 6.15. The van der Waals surface area contributed by atoms with E-state index in [1.165, 1.54) is 0 Å². The summed E-state index contributed by atoms with van der Waals surface area (Å²) in [5.74, 6) is 0.417. The number of halogens is 2. The number of ether oxygens (including phenoxy) is 1. The summed E-state index contributed by atoms with van der Waals surface area (Å²) in [4.78, 5) is 0. The van der Waals surface area contributed by atoms with Crippen LogP contribution in [0.25, 0.3) is 0 Å². The van der Waals surface area contributed by atoms with E-state index < -0.39 is 0 Å². The largest absolute Gasteiger partial charge is 0.378 e. The summed E-state index contributed by atoms with van der Waals surface area (Å²) >= 11 is 7.03. The minimum Gasteiger partial charge on any atom is -0.378 e. The monoisotopic (exact) mass is 347 g/mol. The van der Waals surface area contributed by atoms with Gasteiger partial charge in [-0.2, -0.15) is 0 Å². The smallest absolute Gasteiger partial charge is 0.0551 e. The van der Waals surface area contributed by atoms with E-state index in [1.54, 1.807) is 0 Å². The second-order valence-corrected chi connectivity index (χ2v) is 6.10. The van der Waals surface area contributed by atoms with E-state index in [1.807, 2.05) is 12.1 Å². The second-order valence-electron chi connectivity index (χ2n) is 4.33. The molecule has 0 aliphatic carbocycles. The lowest BCUT2D eigenvalue weighted by molar-refractivity contribution is 0.118. The Morgan fingerprint density at radius 1 is 1.44 bits per heavy atom. The lowest BCUT2D eigenvalue weighted by atomic mass is 9.92. The Kier molecular flexibility index (Phi) is 4.06. The molecule has 0 radical (unpaired) electrons. The maximum Gasteiger partial charge on any atom is 0.0551 e. The van der Waals surface area contributed by atoms with E-state index in [2.05, 4.69) is 44.8 Å². The molecule has 88 valence electrons. The van der Waals surface area contributed by atoms with Crippen LogP contribution in [-0.2, 0) is 4.74 Å². The summed E-state index contributed by atoms with van der Waals surface area (Å²) in [6.45, 7) is 2.87. The Balaban J connectivity index is 2.20. The van der Waals surface area contributed by atoms with E-state index in [0.29, 0.717) is 12.0 Å². The standard InChI is InChI=1S/C12H15Br2NO/c1-7-4-8(6-16-7)12(15)10-5-9(13)2-3-11(10)14/h2-3,5,7-8,12H,4,6,15H2,1H3. The fourth-order valence-corrected chi connectivity index (χ4v) is 3.01. The second kappa shape index (κ2) is 5.17. The molecule has 0 bridgehead atoms. The zero-order valence-electron chi connectivity index (χ0n) is 9.12. The van der Waals surface area contributed by atoms with Gasteiger partial charge in [0, 0.05) is 20.9 Å². The molecule has 1 aromatic rings. The third-order valence-corrected chi connectivity index (χ3v) is 4.27. The lowest BCUT2D eigenvalue weighted by Crippen LogP contribution is -2.22. The fourth-order valence-electron chi connectivity index (χ4n) is 2.12. The molecule has 16 heavy (non-hydrogen) atoms. The Hall–Kier alpha value is 0.1000. The van der Waals surface area contributed by atoms with Crippen LogP contribution in [0.2, 0.25) is 0 Å². The minimum absolute atomic E-state index is 0.0387. The Morgan fingerprint density at radius 2 is 2.19 bits per heavy atom. The van der Waals surface area contributed by atoms with Crippen molar-refractivity contribution >= 4 is 31.9 Å². The van der Waals surface area contributed by atoms with Crippen LogP contribution in [0.4, 0.5) is 0 Å². The SMILES string of the molecule is CC1CC(C(N)c2cc(Br)ccc2Br)CO1. The van der Waals surface area contributed by atoms with Gasteiger partial charge in [-0.1, -0.05) is 31.9 Å². The van der Waals surface area contributed by atoms with Crippen molar-refractivity contribution < 1.29 is 4.74 Å². The van der Waals surface area contributed by atoms with E-state index in [-0.39, 0.29) is 6.04 Å². The summed E-state index contributed by atoms with van der Waals surface area (Å²) in [6.07, 6.45) is 1.38. The molecule has 2 N–H and O–H groups in total. The molecule has 0 aromatic heterocycles. The lowest BCUT2D eigenvalue weighted by Gasteiger charge is -2.19. The van der Waals surface area contributed by atoms with Crippen LogP contribution in [0, 0.1) is 5.92 Å². The van der Waals surface area contributed by atoms with Gasteiger partial charge in [-0.3, -0.25) is 0 Å². The van der Waals surface area contributed by atoms with Crippen molar-refractivity contribution in [3.63, 3.8) is 0 Å². The molecular formula is C12H15Br2NO. The molecule has 2 rings (SSSR count). The van der Waals surface area contributed by atoms with Crippen molar-refractivity contribution in [3.8, 4) is 0 Å². The van der Waals surface area contributed by atoms with Gasteiger partial charge < -0.3 is 10.5 Å². The van der Waals surface area contributed by atoms with Crippen molar-refractivity contribution in [2.24, 2.45) is 11.7 Å². The fraction of sp³-hybridized carbons (Fsp3) is 0.500. The van der Waals surface area contributed by atoms with Crippen LogP contribution in [0.1, 0.15) is 24.9 Å². The molecular weight excluding hydrogens is 334 g/mol. The predicted molar refractivity (Wildman–Crippen MR) is 72.3 cm³/mol. The molecule has 1 fully saturated rings. The molecule has 0 saturated carbocycles. The van der Waals surface area contributed by atoms with Crippen LogP contribution in [0.3, 0.4) is 0 Å². The molecule has 3 unspecified atom stereocenters. The average Bonchev–Trinajstić information content (AvgIpc) is 2.67. The zero-order valence-corrected chi connectivity index (χ0v) is 12.3. The number of benzene rings is 1. The predicted octanol–water partition coefficient (Wildman–Crippen LogP) is 3.64. The maximum atomic E-state index is 6.30. The van der Waals surface area contributed by atoms with E-state index in [0.717, 1.165) is 27.5 Å². The first kappa shape index (κ1) is 12.6. The van der Waals surface area contributed by atoms with Gasteiger partial charge in [-0.05, 0) is 37.1 Å². The van der Waals surface area contributed by atoms with Crippen molar-refractivity contribution in [1.29, 1.82) is 0 Å².